The lowest BCUT2D eigenvalue weighted by Gasteiger charge is -2.19. The normalized spacial score (nSPS) is 11.5. The van der Waals surface area contributed by atoms with Crippen LogP contribution in [-0.2, 0) is 11.2 Å². The molecule has 1 amide bonds. The number of aromatic nitrogens is 2. The molecule has 0 saturated carbocycles. The van der Waals surface area contributed by atoms with E-state index < -0.39 is 5.60 Å². The number of carbonyl (C=O) groups excluding carboxylic acids is 1. The molecule has 2 rings (SSSR count). The molecule has 0 spiro atoms. The molecule has 19 heavy (non-hydrogen) atoms. The average Bonchev–Trinajstić information content (AvgIpc) is 2.70. The summed E-state index contributed by atoms with van der Waals surface area (Å²) < 4.78 is 7.00. The molecule has 0 unspecified atom stereocenters. The quantitative estimate of drug-likeness (QED) is 0.923. The number of pyridine rings is 1. The van der Waals surface area contributed by atoms with Crippen LogP contribution in [0.2, 0.25) is 0 Å². The Labute approximate surface area is 112 Å². The molecule has 1 N–H and O–H groups in total. The van der Waals surface area contributed by atoms with Gasteiger partial charge in [0.05, 0.1) is 11.7 Å². The molecule has 0 bridgehead atoms. The summed E-state index contributed by atoms with van der Waals surface area (Å²) in [5.41, 5.74) is 1.71. The highest BCUT2D eigenvalue weighted by molar-refractivity contribution is 5.67. The fraction of sp³-hybridized carbons (Fsp3) is 0.429. The number of fused-ring (bicyclic) bond motifs is 1. The zero-order chi connectivity index (χ0) is 13.9. The molecule has 102 valence electrons. The van der Waals surface area contributed by atoms with E-state index in [1.54, 1.807) is 0 Å². The zero-order valence-electron chi connectivity index (χ0n) is 11.5. The van der Waals surface area contributed by atoms with Crippen molar-refractivity contribution >= 4 is 11.6 Å². The van der Waals surface area contributed by atoms with Gasteiger partial charge in [0, 0.05) is 12.7 Å². The predicted molar refractivity (Wildman–Crippen MR) is 73.1 cm³/mol. The Morgan fingerprint density at radius 1 is 1.42 bits per heavy atom. The zero-order valence-corrected chi connectivity index (χ0v) is 11.5. The summed E-state index contributed by atoms with van der Waals surface area (Å²) in [6.07, 6.45) is 4.07. The predicted octanol–water partition coefficient (Wildman–Crippen LogP) is 2.40. The number of ether oxygens (including phenoxy) is 1. The van der Waals surface area contributed by atoms with Crippen molar-refractivity contribution in [3.05, 3.63) is 36.2 Å². The van der Waals surface area contributed by atoms with Crippen LogP contribution >= 0.6 is 0 Å². The number of hydrogen-bond acceptors (Lipinski definition) is 3. The number of alkyl carbamates (subject to hydrolysis) is 1. The molecule has 0 saturated heterocycles. The number of rotatable bonds is 3. The second-order valence-corrected chi connectivity index (χ2v) is 5.38. The topological polar surface area (TPSA) is 55.6 Å². The van der Waals surface area contributed by atoms with Gasteiger partial charge < -0.3 is 10.1 Å². The fourth-order valence-corrected chi connectivity index (χ4v) is 1.79. The first-order valence-electron chi connectivity index (χ1n) is 6.34. The average molecular weight is 261 g/mol. The van der Waals surface area contributed by atoms with Crippen molar-refractivity contribution in [2.75, 3.05) is 6.54 Å². The monoisotopic (exact) mass is 261 g/mol. The van der Waals surface area contributed by atoms with Crippen molar-refractivity contribution in [3.8, 4) is 0 Å². The van der Waals surface area contributed by atoms with E-state index in [1.165, 1.54) is 0 Å². The summed E-state index contributed by atoms with van der Waals surface area (Å²) in [5.74, 6) is 0. The van der Waals surface area contributed by atoms with Crippen molar-refractivity contribution in [1.82, 2.24) is 14.9 Å². The Kier molecular flexibility index (Phi) is 3.74. The molecule has 0 aliphatic carbocycles. The van der Waals surface area contributed by atoms with E-state index in [4.69, 9.17) is 4.74 Å². The summed E-state index contributed by atoms with van der Waals surface area (Å²) in [6.45, 7) is 6.07. The van der Waals surface area contributed by atoms with E-state index in [9.17, 15) is 4.79 Å². The highest BCUT2D eigenvalue weighted by Gasteiger charge is 2.15. The Morgan fingerprint density at radius 3 is 2.95 bits per heavy atom. The van der Waals surface area contributed by atoms with Crippen LogP contribution in [0.4, 0.5) is 4.79 Å². The Morgan fingerprint density at radius 2 is 2.21 bits per heavy atom. The number of nitrogens with zero attached hydrogens (tertiary/aromatic N) is 2. The van der Waals surface area contributed by atoms with Crippen molar-refractivity contribution < 1.29 is 9.53 Å². The van der Waals surface area contributed by atoms with E-state index >= 15 is 0 Å². The van der Waals surface area contributed by atoms with Crippen LogP contribution < -0.4 is 5.32 Å². The summed E-state index contributed by atoms with van der Waals surface area (Å²) in [6, 6.07) is 5.92. The Bertz CT molecular complexity index is 569. The maximum absolute atomic E-state index is 11.5. The summed E-state index contributed by atoms with van der Waals surface area (Å²) in [4.78, 5) is 11.5. The lowest BCUT2D eigenvalue weighted by molar-refractivity contribution is 0.0528. The lowest BCUT2D eigenvalue weighted by atomic mass is 10.2. The van der Waals surface area contributed by atoms with Crippen LogP contribution in [0.15, 0.2) is 30.6 Å². The van der Waals surface area contributed by atoms with E-state index in [0.717, 1.165) is 17.5 Å². The molecule has 2 aromatic heterocycles. The fourth-order valence-electron chi connectivity index (χ4n) is 1.79. The molecule has 0 aliphatic rings. The second kappa shape index (κ2) is 5.30. The Balaban J connectivity index is 1.88. The number of carbonyl (C=O) groups is 1. The van der Waals surface area contributed by atoms with Gasteiger partial charge in [-0.3, -0.25) is 0 Å². The van der Waals surface area contributed by atoms with Crippen LogP contribution in [0.3, 0.4) is 0 Å². The van der Waals surface area contributed by atoms with Crippen molar-refractivity contribution in [2.45, 2.75) is 32.8 Å². The van der Waals surface area contributed by atoms with Crippen LogP contribution in [0.25, 0.3) is 5.52 Å². The molecule has 2 aromatic rings. The molecule has 0 aliphatic heterocycles. The van der Waals surface area contributed by atoms with Gasteiger partial charge in [-0.05, 0) is 44.9 Å². The first-order valence-corrected chi connectivity index (χ1v) is 6.34. The van der Waals surface area contributed by atoms with Gasteiger partial charge in [-0.2, -0.15) is 5.10 Å². The molecule has 0 fully saturated rings. The molecule has 5 heteroatoms. The maximum Gasteiger partial charge on any atom is 0.407 e. The number of hydrogen-bond donors (Lipinski definition) is 1. The van der Waals surface area contributed by atoms with Crippen molar-refractivity contribution in [2.24, 2.45) is 0 Å². The van der Waals surface area contributed by atoms with Gasteiger partial charge in [-0.15, -0.1) is 0 Å². The van der Waals surface area contributed by atoms with Gasteiger partial charge in [0.2, 0.25) is 0 Å². The van der Waals surface area contributed by atoms with E-state index in [1.807, 2.05) is 55.9 Å². The highest BCUT2D eigenvalue weighted by Crippen LogP contribution is 2.10. The second-order valence-electron chi connectivity index (χ2n) is 5.38. The Hall–Kier alpha value is -2.04. The van der Waals surface area contributed by atoms with Gasteiger partial charge in [0.1, 0.15) is 5.60 Å². The minimum atomic E-state index is -0.464. The summed E-state index contributed by atoms with van der Waals surface area (Å²) in [5, 5.41) is 6.99. The van der Waals surface area contributed by atoms with Crippen molar-refractivity contribution in [1.29, 1.82) is 0 Å². The molecule has 0 aromatic carbocycles. The summed E-state index contributed by atoms with van der Waals surface area (Å²) in [7, 11) is 0. The minimum Gasteiger partial charge on any atom is -0.444 e. The standard InChI is InChI=1S/C14H19N3O2/c1-14(2,3)19-13(18)15-8-7-11-10-16-17-9-5-4-6-12(11)17/h4-6,9-10H,7-8H2,1-3H3,(H,15,18). The van der Waals surface area contributed by atoms with Crippen LogP contribution in [-0.4, -0.2) is 27.9 Å². The molecular weight excluding hydrogens is 242 g/mol. The smallest absolute Gasteiger partial charge is 0.407 e. The maximum atomic E-state index is 11.5. The first-order chi connectivity index (χ1) is 8.96. The molecule has 2 heterocycles. The highest BCUT2D eigenvalue weighted by atomic mass is 16.6. The third-order valence-corrected chi connectivity index (χ3v) is 2.57. The van der Waals surface area contributed by atoms with Gasteiger partial charge >= 0.3 is 6.09 Å². The van der Waals surface area contributed by atoms with Crippen LogP contribution in [0.5, 0.6) is 0 Å². The lowest BCUT2D eigenvalue weighted by Crippen LogP contribution is -2.33. The van der Waals surface area contributed by atoms with Gasteiger partial charge in [0.15, 0.2) is 0 Å². The molecular formula is C14H19N3O2. The van der Waals surface area contributed by atoms with E-state index in [-0.39, 0.29) is 6.09 Å². The van der Waals surface area contributed by atoms with Gasteiger partial charge in [-0.25, -0.2) is 9.31 Å². The molecule has 5 nitrogen and oxygen atoms in total. The SMILES string of the molecule is CC(C)(C)OC(=O)NCCc1cnn2ccccc12. The third-order valence-electron chi connectivity index (χ3n) is 2.57. The van der Waals surface area contributed by atoms with Crippen LogP contribution in [0.1, 0.15) is 26.3 Å². The number of amides is 1. The third kappa shape index (κ3) is 3.71. The van der Waals surface area contributed by atoms with E-state index in [0.29, 0.717) is 6.54 Å². The summed E-state index contributed by atoms with van der Waals surface area (Å²) >= 11 is 0. The van der Waals surface area contributed by atoms with Gasteiger partial charge in [0.25, 0.3) is 0 Å². The molecule has 0 radical (unpaired) electrons. The minimum absolute atomic E-state index is 0.385. The molecule has 0 atom stereocenters. The first kappa shape index (κ1) is 13.4. The van der Waals surface area contributed by atoms with Crippen molar-refractivity contribution in [3.63, 3.8) is 0 Å². The number of nitrogens with one attached hydrogen (secondary N) is 1. The largest absolute Gasteiger partial charge is 0.444 e. The van der Waals surface area contributed by atoms with Gasteiger partial charge in [-0.1, -0.05) is 6.07 Å². The van der Waals surface area contributed by atoms with E-state index in [2.05, 4.69) is 10.4 Å². The van der Waals surface area contributed by atoms with Crippen LogP contribution in [0, 0.1) is 0 Å².